The maximum Gasteiger partial charge on any atom is 0.0175 e. The fraction of sp³-hybridized carbons (Fsp3) is 0.571. The van der Waals surface area contributed by atoms with Gasteiger partial charge in [0.2, 0.25) is 0 Å². The van der Waals surface area contributed by atoms with E-state index in [9.17, 15) is 0 Å². The van der Waals surface area contributed by atoms with Gasteiger partial charge in [-0.2, -0.15) is 0 Å². The predicted octanol–water partition coefficient (Wildman–Crippen LogP) is 5.51. The van der Waals surface area contributed by atoms with Gasteiger partial charge < -0.3 is 0 Å². The number of alkyl halides is 1. The molecule has 2 heteroatoms. The van der Waals surface area contributed by atoms with Gasteiger partial charge in [0.25, 0.3) is 0 Å². The Morgan fingerprint density at radius 1 is 1.06 bits per heavy atom. The summed E-state index contributed by atoms with van der Waals surface area (Å²) < 4.78 is 1.17. The van der Waals surface area contributed by atoms with Crippen LogP contribution in [0.3, 0.4) is 0 Å². The molecule has 16 heavy (non-hydrogen) atoms. The number of benzene rings is 1. The Bertz CT molecular complexity index is 312. The first-order valence-corrected chi connectivity index (χ1v) is 8.04. The number of rotatable bonds is 3. The van der Waals surface area contributed by atoms with Gasteiger partial charge in [-0.3, -0.25) is 0 Å². The molecule has 0 amide bonds. The van der Waals surface area contributed by atoms with Crippen LogP contribution in [-0.2, 0) is 0 Å². The van der Waals surface area contributed by atoms with Crippen molar-refractivity contribution in [2.75, 3.05) is 5.33 Å². The summed E-state index contributed by atoms with van der Waals surface area (Å²) in [7, 11) is 0. The Morgan fingerprint density at radius 2 is 1.69 bits per heavy atom. The summed E-state index contributed by atoms with van der Waals surface area (Å²) >= 11 is 7.20. The molecule has 1 aliphatic rings. The van der Waals surface area contributed by atoms with Crippen LogP contribution in [0.5, 0.6) is 0 Å². The molecule has 2 rings (SSSR count). The molecule has 0 aliphatic heterocycles. The molecular weight excluding hydrogens is 328 g/mol. The molecule has 88 valence electrons. The molecule has 1 aromatic rings. The van der Waals surface area contributed by atoms with Gasteiger partial charge in [-0.1, -0.05) is 63.3 Å². The van der Waals surface area contributed by atoms with E-state index in [1.165, 1.54) is 42.1 Å². The molecule has 1 aromatic carbocycles. The van der Waals surface area contributed by atoms with Gasteiger partial charge in [-0.25, -0.2) is 0 Å². The molecule has 0 saturated heterocycles. The highest BCUT2D eigenvalue weighted by Gasteiger charge is 2.23. The predicted molar refractivity (Wildman–Crippen MR) is 77.3 cm³/mol. The van der Waals surface area contributed by atoms with Crippen LogP contribution in [0.25, 0.3) is 0 Å². The van der Waals surface area contributed by atoms with E-state index in [1.54, 1.807) is 0 Å². The highest BCUT2D eigenvalue weighted by atomic mass is 79.9. The monoisotopic (exact) mass is 344 g/mol. The van der Waals surface area contributed by atoms with Gasteiger partial charge in [-0.15, -0.1) is 0 Å². The Hall–Kier alpha value is 0.180. The third-order valence-electron chi connectivity index (χ3n) is 3.68. The van der Waals surface area contributed by atoms with Crippen molar-refractivity contribution in [3.8, 4) is 0 Å². The van der Waals surface area contributed by atoms with Crippen LogP contribution in [0.2, 0.25) is 0 Å². The van der Waals surface area contributed by atoms with Gasteiger partial charge >= 0.3 is 0 Å². The van der Waals surface area contributed by atoms with Gasteiger partial charge in [0.1, 0.15) is 0 Å². The van der Waals surface area contributed by atoms with Crippen molar-refractivity contribution in [3.05, 3.63) is 34.3 Å². The largest absolute Gasteiger partial charge is 0.0921 e. The van der Waals surface area contributed by atoms with Crippen molar-refractivity contribution >= 4 is 31.9 Å². The van der Waals surface area contributed by atoms with Crippen molar-refractivity contribution in [1.82, 2.24) is 0 Å². The third kappa shape index (κ3) is 3.10. The van der Waals surface area contributed by atoms with Crippen molar-refractivity contribution < 1.29 is 0 Å². The first-order chi connectivity index (χ1) is 7.81. The van der Waals surface area contributed by atoms with Crippen LogP contribution in [-0.4, -0.2) is 5.33 Å². The topological polar surface area (TPSA) is 0 Å². The molecule has 0 bridgehead atoms. The van der Waals surface area contributed by atoms with Crippen molar-refractivity contribution in [3.63, 3.8) is 0 Å². The summed E-state index contributed by atoms with van der Waals surface area (Å²) in [4.78, 5) is 0. The minimum atomic E-state index is 0.702. The van der Waals surface area contributed by atoms with E-state index < -0.39 is 0 Å². The van der Waals surface area contributed by atoms with Crippen molar-refractivity contribution in [2.24, 2.45) is 5.92 Å². The molecule has 1 saturated carbocycles. The summed E-state index contributed by atoms with van der Waals surface area (Å²) in [6.07, 6.45) is 7.10. The molecular formula is C14H18Br2. The molecule has 1 fully saturated rings. The number of hydrogen-bond donors (Lipinski definition) is 0. The van der Waals surface area contributed by atoms with Crippen LogP contribution in [0, 0.1) is 5.92 Å². The van der Waals surface area contributed by atoms with Gasteiger partial charge in [0.15, 0.2) is 0 Å². The van der Waals surface area contributed by atoms with E-state index in [-0.39, 0.29) is 0 Å². The fourth-order valence-corrected chi connectivity index (χ4v) is 3.90. The number of hydrogen-bond acceptors (Lipinski definition) is 0. The normalized spacial score (nSPS) is 19.6. The van der Waals surface area contributed by atoms with E-state index in [0.717, 1.165) is 11.2 Å². The van der Waals surface area contributed by atoms with E-state index >= 15 is 0 Å². The summed E-state index contributed by atoms with van der Waals surface area (Å²) in [6.45, 7) is 0. The lowest BCUT2D eigenvalue weighted by Crippen LogP contribution is -2.17. The highest BCUT2D eigenvalue weighted by Crippen LogP contribution is 2.37. The second kappa shape index (κ2) is 6.20. The second-order valence-corrected chi connectivity index (χ2v) is 6.27. The Labute approximate surface area is 115 Å². The Morgan fingerprint density at radius 3 is 2.25 bits per heavy atom. The summed E-state index contributed by atoms with van der Waals surface area (Å²) in [5.41, 5.74) is 1.49. The lowest BCUT2D eigenvalue weighted by atomic mass is 9.78. The summed E-state index contributed by atoms with van der Waals surface area (Å²) in [5.74, 6) is 1.59. The van der Waals surface area contributed by atoms with Crippen LogP contribution in [0.4, 0.5) is 0 Å². The highest BCUT2D eigenvalue weighted by molar-refractivity contribution is 9.10. The van der Waals surface area contributed by atoms with Gasteiger partial charge in [-0.05, 0) is 42.4 Å². The van der Waals surface area contributed by atoms with E-state index in [1.807, 2.05) is 0 Å². The quantitative estimate of drug-likeness (QED) is 0.634. The van der Waals surface area contributed by atoms with Gasteiger partial charge in [0, 0.05) is 9.80 Å². The minimum Gasteiger partial charge on any atom is -0.0921 e. The second-order valence-electron chi connectivity index (χ2n) is 4.71. The van der Waals surface area contributed by atoms with E-state index in [4.69, 9.17) is 0 Å². The summed E-state index contributed by atoms with van der Waals surface area (Å²) in [6, 6.07) is 8.86. The molecule has 0 heterocycles. The summed E-state index contributed by atoms with van der Waals surface area (Å²) in [5, 5.41) is 1.10. The maximum absolute atomic E-state index is 3.69. The Kier molecular flexibility index (Phi) is 4.90. The van der Waals surface area contributed by atoms with Crippen molar-refractivity contribution in [1.29, 1.82) is 0 Å². The molecule has 0 nitrogen and oxygen atoms in total. The average molecular weight is 346 g/mol. The van der Waals surface area contributed by atoms with Crippen LogP contribution in [0.15, 0.2) is 28.7 Å². The average Bonchev–Trinajstić information content (AvgIpc) is 2.34. The molecule has 1 unspecified atom stereocenters. The molecule has 0 aromatic heterocycles. The molecule has 0 N–H and O–H groups in total. The fourth-order valence-electron chi connectivity index (χ4n) is 2.73. The zero-order valence-corrected chi connectivity index (χ0v) is 12.6. The van der Waals surface area contributed by atoms with Crippen LogP contribution < -0.4 is 0 Å². The zero-order valence-electron chi connectivity index (χ0n) is 9.46. The van der Waals surface area contributed by atoms with Crippen LogP contribution >= 0.6 is 31.9 Å². The lowest BCUT2D eigenvalue weighted by molar-refractivity contribution is 0.319. The zero-order chi connectivity index (χ0) is 11.4. The standard InChI is InChI=1S/C14H18Br2/c15-10-14(11-4-2-1-3-5-11)12-6-8-13(16)9-7-12/h6-9,11,14H,1-5,10H2. The van der Waals surface area contributed by atoms with E-state index in [2.05, 4.69) is 56.1 Å². The first-order valence-electron chi connectivity index (χ1n) is 6.12. The smallest absolute Gasteiger partial charge is 0.0175 e. The van der Waals surface area contributed by atoms with Crippen molar-refractivity contribution in [2.45, 2.75) is 38.0 Å². The number of halogens is 2. The Balaban J connectivity index is 2.11. The first kappa shape index (κ1) is 12.6. The van der Waals surface area contributed by atoms with Crippen LogP contribution in [0.1, 0.15) is 43.6 Å². The maximum atomic E-state index is 3.69. The lowest BCUT2D eigenvalue weighted by Gasteiger charge is -2.29. The molecule has 0 spiro atoms. The molecule has 1 atom stereocenters. The third-order valence-corrected chi connectivity index (χ3v) is 4.91. The van der Waals surface area contributed by atoms with E-state index in [0.29, 0.717) is 5.92 Å². The SMILES string of the molecule is BrCC(c1ccc(Br)cc1)C1CCCCC1. The van der Waals surface area contributed by atoms with Gasteiger partial charge in [0.05, 0.1) is 0 Å². The molecule has 0 radical (unpaired) electrons. The minimum absolute atomic E-state index is 0.702. The molecule has 1 aliphatic carbocycles.